The molecule has 0 aliphatic heterocycles. The lowest BCUT2D eigenvalue weighted by Crippen LogP contribution is -2.29. The molecule has 1 saturated carbocycles. The van der Waals surface area contributed by atoms with Crippen LogP contribution < -0.4 is 11.1 Å². The van der Waals surface area contributed by atoms with Crippen molar-refractivity contribution in [1.29, 1.82) is 5.26 Å². The Bertz CT molecular complexity index is 418. The first-order chi connectivity index (χ1) is 7.20. The molecule has 0 radical (unpaired) electrons. The highest BCUT2D eigenvalue weighted by atomic mass is 16.1. The van der Waals surface area contributed by atoms with Crippen LogP contribution >= 0.6 is 0 Å². The van der Waals surface area contributed by atoms with Crippen LogP contribution in [0.15, 0.2) is 24.3 Å². The highest BCUT2D eigenvalue weighted by Gasteiger charge is 2.34. The van der Waals surface area contributed by atoms with Crippen LogP contribution in [-0.4, -0.2) is 18.0 Å². The third kappa shape index (κ3) is 2.14. The van der Waals surface area contributed by atoms with E-state index in [1.807, 2.05) is 6.07 Å². The van der Waals surface area contributed by atoms with Crippen LogP contribution in [0.25, 0.3) is 0 Å². The molecule has 2 atom stereocenters. The second kappa shape index (κ2) is 3.71. The van der Waals surface area contributed by atoms with Crippen molar-refractivity contribution in [3.8, 4) is 6.07 Å². The number of amides is 1. The van der Waals surface area contributed by atoms with Crippen LogP contribution in [0.1, 0.15) is 22.3 Å². The second-order valence-electron chi connectivity index (χ2n) is 3.67. The number of carbonyl (C=O) groups is 1. The topological polar surface area (TPSA) is 78.9 Å². The largest absolute Gasteiger partial charge is 0.348 e. The third-order valence-electron chi connectivity index (χ3n) is 2.43. The monoisotopic (exact) mass is 201 g/mol. The number of hydrogen-bond donors (Lipinski definition) is 2. The van der Waals surface area contributed by atoms with Crippen molar-refractivity contribution in [3.63, 3.8) is 0 Å². The number of benzene rings is 1. The fraction of sp³-hybridized carbons (Fsp3) is 0.273. The van der Waals surface area contributed by atoms with Gasteiger partial charge in [0.25, 0.3) is 5.91 Å². The first-order valence-electron chi connectivity index (χ1n) is 4.77. The molecule has 2 rings (SSSR count). The van der Waals surface area contributed by atoms with E-state index >= 15 is 0 Å². The van der Waals surface area contributed by atoms with Gasteiger partial charge in [-0.2, -0.15) is 5.26 Å². The van der Waals surface area contributed by atoms with E-state index in [9.17, 15) is 4.79 Å². The maximum absolute atomic E-state index is 11.6. The number of hydrogen-bond acceptors (Lipinski definition) is 3. The molecule has 0 spiro atoms. The van der Waals surface area contributed by atoms with Gasteiger partial charge < -0.3 is 11.1 Å². The minimum absolute atomic E-state index is 0.104. The molecule has 1 aliphatic rings. The highest BCUT2D eigenvalue weighted by Crippen LogP contribution is 2.18. The van der Waals surface area contributed by atoms with E-state index in [4.69, 9.17) is 11.0 Å². The molecule has 0 heterocycles. The number of nitrogens with one attached hydrogen (secondary N) is 1. The van der Waals surface area contributed by atoms with E-state index in [-0.39, 0.29) is 18.0 Å². The van der Waals surface area contributed by atoms with Crippen LogP contribution in [0.3, 0.4) is 0 Å². The van der Waals surface area contributed by atoms with Gasteiger partial charge in [0.15, 0.2) is 0 Å². The quantitative estimate of drug-likeness (QED) is 0.726. The van der Waals surface area contributed by atoms with Crippen LogP contribution in [0, 0.1) is 11.3 Å². The van der Waals surface area contributed by atoms with Crippen LogP contribution in [0.2, 0.25) is 0 Å². The summed E-state index contributed by atoms with van der Waals surface area (Å²) in [4.78, 5) is 11.6. The van der Waals surface area contributed by atoms with Crippen molar-refractivity contribution in [2.45, 2.75) is 18.5 Å². The van der Waals surface area contributed by atoms with E-state index in [2.05, 4.69) is 5.32 Å². The number of rotatable bonds is 2. The summed E-state index contributed by atoms with van der Waals surface area (Å²) in [6, 6.07) is 8.76. The van der Waals surface area contributed by atoms with E-state index in [0.717, 1.165) is 6.42 Å². The average Bonchev–Trinajstić information content (AvgIpc) is 2.94. The van der Waals surface area contributed by atoms with Gasteiger partial charge in [0.05, 0.1) is 11.6 Å². The van der Waals surface area contributed by atoms with Gasteiger partial charge in [-0.3, -0.25) is 4.79 Å². The van der Waals surface area contributed by atoms with Crippen LogP contribution in [-0.2, 0) is 0 Å². The molecule has 0 bridgehead atoms. The van der Waals surface area contributed by atoms with E-state index in [0.29, 0.717) is 11.1 Å². The summed E-state index contributed by atoms with van der Waals surface area (Å²) < 4.78 is 0. The molecule has 1 fully saturated rings. The van der Waals surface area contributed by atoms with Gasteiger partial charge in [-0.1, -0.05) is 0 Å². The predicted molar refractivity (Wildman–Crippen MR) is 55.0 cm³/mol. The minimum Gasteiger partial charge on any atom is -0.348 e. The molecule has 0 aromatic heterocycles. The predicted octanol–water partition coefficient (Wildman–Crippen LogP) is 0.388. The summed E-state index contributed by atoms with van der Waals surface area (Å²) in [5, 5.41) is 11.4. The van der Waals surface area contributed by atoms with Crippen molar-refractivity contribution >= 4 is 5.91 Å². The van der Waals surface area contributed by atoms with Crippen molar-refractivity contribution < 1.29 is 4.79 Å². The Morgan fingerprint density at radius 2 is 2.07 bits per heavy atom. The van der Waals surface area contributed by atoms with Gasteiger partial charge in [0.2, 0.25) is 0 Å². The van der Waals surface area contributed by atoms with Crippen molar-refractivity contribution in [1.82, 2.24) is 5.32 Å². The molecule has 15 heavy (non-hydrogen) atoms. The zero-order chi connectivity index (χ0) is 10.8. The van der Waals surface area contributed by atoms with Gasteiger partial charge >= 0.3 is 0 Å². The zero-order valence-electron chi connectivity index (χ0n) is 8.10. The van der Waals surface area contributed by atoms with Gasteiger partial charge in [0.1, 0.15) is 0 Å². The summed E-state index contributed by atoms with van der Waals surface area (Å²) >= 11 is 0. The molecule has 1 aliphatic carbocycles. The summed E-state index contributed by atoms with van der Waals surface area (Å²) in [5.41, 5.74) is 6.69. The summed E-state index contributed by atoms with van der Waals surface area (Å²) in [7, 11) is 0. The molecule has 1 amide bonds. The standard InChI is InChI=1S/C11H11N3O/c12-6-7-1-3-8(4-2-7)11(15)14-10-5-9(10)13/h1-4,9-10H,5,13H2,(H,14,15). The number of nitriles is 1. The average molecular weight is 201 g/mol. The Balaban J connectivity index is 2.03. The highest BCUT2D eigenvalue weighted by molar-refractivity contribution is 5.94. The Morgan fingerprint density at radius 3 is 2.53 bits per heavy atom. The van der Waals surface area contributed by atoms with E-state index < -0.39 is 0 Å². The molecule has 1 aromatic rings. The van der Waals surface area contributed by atoms with Gasteiger partial charge in [0, 0.05) is 17.6 Å². The van der Waals surface area contributed by atoms with Gasteiger partial charge in [-0.25, -0.2) is 0 Å². The Kier molecular flexibility index (Phi) is 2.40. The molecular weight excluding hydrogens is 190 g/mol. The molecule has 2 unspecified atom stereocenters. The fourth-order valence-electron chi connectivity index (χ4n) is 1.33. The van der Waals surface area contributed by atoms with Gasteiger partial charge in [-0.15, -0.1) is 0 Å². The lowest BCUT2D eigenvalue weighted by atomic mass is 10.1. The van der Waals surface area contributed by atoms with Crippen molar-refractivity contribution in [3.05, 3.63) is 35.4 Å². The number of nitrogens with two attached hydrogens (primary N) is 1. The summed E-state index contributed by atoms with van der Waals surface area (Å²) in [6.07, 6.45) is 0.849. The van der Waals surface area contributed by atoms with Crippen molar-refractivity contribution in [2.24, 2.45) is 5.73 Å². The minimum atomic E-state index is -0.127. The SMILES string of the molecule is N#Cc1ccc(C(=O)NC2CC2N)cc1. The van der Waals surface area contributed by atoms with E-state index in [1.54, 1.807) is 24.3 Å². The fourth-order valence-corrected chi connectivity index (χ4v) is 1.33. The molecule has 76 valence electrons. The number of carbonyl (C=O) groups excluding carboxylic acids is 1. The Hall–Kier alpha value is -1.86. The summed E-state index contributed by atoms with van der Waals surface area (Å²) in [6.45, 7) is 0. The Labute approximate surface area is 87.7 Å². The molecule has 4 heteroatoms. The summed E-state index contributed by atoms with van der Waals surface area (Å²) in [5.74, 6) is -0.127. The first-order valence-corrected chi connectivity index (χ1v) is 4.77. The maximum atomic E-state index is 11.6. The maximum Gasteiger partial charge on any atom is 0.251 e. The Morgan fingerprint density at radius 1 is 1.47 bits per heavy atom. The normalized spacial score (nSPS) is 22.9. The van der Waals surface area contributed by atoms with Crippen molar-refractivity contribution in [2.75, 3.05) is 0 Å². The molecule has 1 aromatic carbocycles. The van der Waals surface area contributed by atoms with Crippen LogP contribution in [0.5, 0.6) is 0 Å². The number of nitrogens with zero attached hydrogens (tertiary/aromatic N) is 1. The molecule has 4 nitrogen and oxygen atoms in total. The lowest BCUT2D eigenvalue weighted by Gasteiger charge is -2.03. The third-order valence-corrected chi connectivity index (χ3v) is 2.43. The molecular formula is C11H11N3O. The molecule has 3 N–H and O–H groups in total. The molecule has 0 saturated heterocycles. The zero-order valence-corrected chi connectivity index (χ0v) is 8.10. The van der Waals surface area contributed by atoms with E-state index in [1.165, 1.54) is 0 Å². The van der Waals surface area contributed by atoms with Crippen LogP contribution in [0.4, 0.5) is 0 Å². The smallest absolute Gasteiger partial charge is 0.251 e. The second-order valence-corrected chi connectivity index (χ2v) is 3.67. The van der Waals surface area contributed by atoms with Gasteiger partial charge in [-0.05, 0) is 30.7 Å². The lowest BCUT2D eigenvalue weighted by molar-refractivity contribution is 0.0950. The first kappa shape index (κ1) is 9.69.